The quantitative estimate of drug-likeness (QED) is 0.781. The molecule has 4 fully saturated rings. The van der Waals surface area contributed by atoms with E-state index in [-0.39, 0.29) is 5.91 Å². The van der Waals surface area contributed by atoms with E-state index < -0.39 is 0 Å². The number of ether oxygens (including phenoxy) is 1. The predicted octanol–water partition coefficient (Wildman–Crippen LogP) is 2.67. The van der Waals surface area contributed by atoms with Gasteiger partial charge < -0.3 is 9.64 Å². The molecule has 2 saturated heterocycles. The molecule has 130 valence electrons. The number of nitrogens with zero attached hydrogens (tertiary/aromatic N) is 2. The van der Waals surface area contributed by atoms with Gasteiger partial charge in [0.05, 0.1) is 6.61 Å². The highest BCUT2D eigenvalue weighted by Gasteiger charge is 2.50. The van der Waals surface area contributed by atoms with Crippen molar-refractivity contribution < 1.29 is 9.53 Å². The third-order valence-electron chi connectivity index (χ3n) is 6.98. The van der Waals surface area contributed by atoms with Crippen molar-refractivity contribution in [3.63, 3.8) is 0 Å². The minimum absolute atomic E-state index is 0.207. The number of hydrogen-bond acceptors (Lipinski definition) is 3. The molecule has 0 unspecified atom stereocenters. The summed E-state index contributed by atoms with van der Waals surface area (Å²) in [6.45, 7) is 5.49. The molecule has 0 aromatic carbocycles. The molecule has 0 radical (unpaired) electrons. The van der Waals surface area contributed by atoms with E-state index in [1.54, 1.807) is 0 Å². The summed E-state index contributed by atoms with van der Waals surface area (Å²) in [5.74, 6) is 1.02. The van der Waals surface area contributed by atoms with E-state index in [4.69, 9.17) is 4.74 Å². The standard InChI is InChI=1S/C19H32N2O2/c22-18(20-10-3-4-11-20)13-23-15-19-9-5-6-16(19)12-21(14-19)17-7-1-2-8-17/h16-17H,1-15H2/t16-,19+/m1/s1. The Morgan fingerprint density at radius 3 is 2.61 bits per heavy atom. The number of likely N-dealkylation sites (tertiary alicyclic amines) is 2. The molecule has 23 heavy (non-hydrogen) atoms. The molecule has 4 rings (SSSR count). The van der Waals surface area contributed by atoms with Gasteiger partial charge in [-0.1, -0.05) is 19.3 Å². The lowest BCUT2D eigenvalue weighted by Crippen LogP contribution is -2.37. The highest BCUT2D eigenvalue weighted by atomic mass is 16.5. The Balaban J connectivity index is 1.30. The molecule has 2 aliphatic heterocycles. The number of fused-ring (bicyclic) bond motifs is 1. The van der Waals surface area contributed by atoms with Crippen molar-refractivity contribution in [2.75, 3.05) is 39.4 Å². The molecule has 0 bridgehead atoms. The van der Waals surface area contributed by atoms with E-state index in [9.17, 15) is 4.79 Å². The molecular weight excluding hydrogens is 288 g/mol. The normalized spacial score (nSPS) is 35.3. The maximum Gasteiger partial charge on any atom is 0.248 e. The molecule has 4 heteroatoms. The molecule has 2 aliphatic carbocycles. The van der Waals surface area contributed by atoms with Crippen LogP contribution in [0.5, 0.6) is 0 Å². The lowest BCUT2D eigenvalue weighted by atomic mass is 9.81. The Labute approximate surface area is 140 Å². The average molecular weight is 320 g/mol. The predicted molar refractivity (Wildman–Crippen MR) is 90.2 cm³/mol. The van der Waals surface area contributed by atoms with Gasteiger partial charge in [-0.05, 0) is 44.4 Å². The largest absolute Gasteiger partial charge is 0.371 e. The fourth-order valence-electron chi connectivity index (χ4n) is 5.64. The second-order valence-corrected chi connectivity index (χ2v) is 8.40. The van der Waals surface area contributed by atoms with Crippen molar-refractivity contribution in [2.45, 2.75) is 63.8 Å². The van der Waals surface area contributed by atoms with Gasteiger partial charge in [-0.15, -0.1) is 0 Å². The third kappa shape index (κ3) is 3.17. The molecule has 0 N–H and O–H groups in total. The van der Waals surface area contributed by atoms with Crippen LogP contribution in [-0.2, 0) is 9.53 Å². The Kier molecular flexibility index (Phi) is 4.64. The van der Waals surface area contributed by atoms with Crippen LogP contribution in [0.1, 0.15) is 57.8 Å². The van der Waals surface area contributed by atoms with E-state index in [0.29, 0.717) is 12.0 Å². The summed E-state index contributed by atoms with van der Waals surface area (Å²) in [5, 5.41) is 0. The van der Waals surface area contributed by atoms with Gasteiger partial charge in [0.2, 0.25) is 5.91 Å². The summed E-state index contributed by atoms with van der Waals surface area (Å²) in [6, 6.07) is 0.837. The fraction of sp³-hybridized carbons (Fsp3) is 0.947. The summed E-state index contributed by atoms with van der Waals surface area (Å²) in [5.41, 5.74) is 0.355. The van der Waals surface area contributed by atoms with Crippen LogP contribution in [0, 0.1) is 11.3 Å². The number of amides is 1. The maximum atomic E-state index is 12.2. The Hall–Kier alpha value is -0.610. The first kappa shape index (κ1) is 15.9. The van der Waals surface area contributed by atoms with Crippen LogP contribution in [0.2, 0.25) is 0 Å². The van der Waals surface area contributed by atoms with Crippen LogP contribution < -0.4 is 0 Å². The molecule has 2 heterocycles. The van der Waals surface area contributed by atoms with Gasteiger partial charge in [-0.2, -0.15) is 0 Å². The molecule has 4 nitrogen and oxygen atoms in total. The molecule has 2 saturated carbocycles. The lowest BCUT2D eigenvalue weighted by Gasteiger charge is -2.30. The number of rotatable bonds is 5. The van der Waals surface area contributed by atoms with Gasteiger partial charge >= 0.3 is 0 Å². The lowest BCUT2D eigenvalue weighted by molar-refractivity contribution is -0.136. The van der Waals surface area contributed by atoms with Crippen LogP contribution >= 0.6 is 0 Å². The summed E-state index contributed by atoms with van der Waals surface area (Å²) < 4.78 is 5.99. The smallest absolute Gasteiger partial charge is 0.248 e. The van der Waals surface area contributed by atoms with Crippen LogP contribution in [0.25, 0.3) is 0 Å². The number of carbonyl (C=O) groups is 1. The van der Waals surface area contributed by atoms with Crippen molar-refractivity contribution in [1.29, 1.82) is 0 Å². The molecular formula is C19H32N2O2. The zero-order valence-electron chi connectivity index (χ0n) is 14.5. The van der Waals surface area contributed by atoms with Gasteiger partial charge in [0.15, 0.2) is 0 Å². The molecule has 4 aliphatic rings. The van der Waals surface area contributed by atoms with Crippen molar-refractivity contribution in [3.05, 3.63) is 0 Å². The second-order valence-electron chi connectivity index (χ2n) is 8.40. The van der Waals surface area contributed by atoms with Gasteiger partial charge in [-0.25, -0.2) is 0 Å². The topological polar surface area (TPSA) is 32.8 Å². The first-order valence-corrected chi connectivity index (χ1v) is 9.86. The van der Waals surface area contributed by atoms with Crippen molar-refractivity contribution in [2.24, 2.45) is 11.3 Å². The third-order valence-corrected chi connectivity index (χ3v) is 6.98. The molecule has 1 amide bonds. The van der Waals surface area contributed by atoms with Gasteiger partial charge in [0, 0.05) is 37.6 Å². The molecule has 0 aromatic heterocycles. The monoisotopic (exact) mass is 320 g/mol. The van der Waals surface area contributed by atoms with Crippen LogP contribution in [0.15, 0.2) is 0 Å². The van der Waals surface area contributed by atoms with Crippen LogP contribution in [0.4, 0.5) is 0 Å². The first-order valence-electron chi connectivity index (χ1n) is 9.86. The molecule has 2 atom stereocenters. The highest BCUT2D eigenvalue weighted by Crippen LogP contribution is 2.50. The highest BCUT2D eigenvalue weighted by molar-refractivity contribution is 5.77. The van der Waals surface area contributed by atoms with Crippen LogP contribution in [0.3, 0.4) is 0 Å². The molecule has 0 aromatic rings. The summed E-state index contributed by atoms with van der Waals surface area (Å²) in [4.78, 5) is 16.9. The van der Waals surface area contributed by atoms with Crippen molar-refractivity contribution >= 4 is 5.91 Å². The summed E-state index contributed by atoms with van der Waals surface area (Å²) in [7, 11) is 0. The van der Waals surface area contributed by atoms with E-state index in [1.807, 2.05) is 4.90 Å². The van der Waals surface area contributed by atoms with Crippen molar-refractivity contribution in [3.8, 4) is 0 Å². The van der Waals surface area contributed by atoms with E-state index in [2.05, 4.69) is 4.90 Å². The second kappa shape index (κ2) is 6.72. The van der Waals surface area contributed by atoms with E-state index in [0.717, 1.165) is 44.5 Å². The Bertz CT molecular complexity index is 429. The zero-order chi connectivity index (χ0) is 15.7. The molecule has 0 spiro atoms. The van der Waals surface area contributed by atoms with E-state index >= 15 is 0 Å². The fourth-order valence-corrected chi connectivity index (χ4v) is 5.64. The minimum atomic E-state index is 0.207. The summed E-state index contributed by atoms with van der Waals surface area (Å²) >= 11 is 0. The van der Waals surface area contributed by atoms with Gasteiger partial charge in [0.25, 0.3) is 0 Å². The van der Waals surface area contributed by atoms with E-state index in [1.165, 1.54) is 58.0 Å². The summed E-state index contributed by atoms with van der Waals surface area (Å²) in [6.07, 6.45) is 12.0. The Morgan fingerprint density at radius 2 is 1.83 bits per heavy atom. The van der Waals surface area contributed by atoms with Gasteiger partial charge in [-0.3, -0.25) is 9.69 Å². The maximum absolute atomic E-state index is 12.2. The number of carbonyl (C=O) groups excluding carboxylic acids is 1. The van der Waals surface area contributed by atoms with Gasteiger partial charge in [0.1, 0.15) is 6.61 Å². The zero-order valence-corrected chi connectivity index (χ0v) is 14.5. The van der Waals surface area contributed by atoms with Crippen LogP contribution in [-0.4, -0.2) is 61.1 Å². The Morgan fingerprint density at radius 1 is 1.04 bits per heavy atom. The SMILES string of the molecule is O=C(COC[C@@]12CCC[C@@H]1CN(C1CCCC1)C2)N1CCCC1. The number of hydrogen-bond donors (Lipinski definition) is 0. The minimum Gasteiger partial charge on any atom is -0.371 e. The average Bonchev–Trinajstić information content (AvgIpc) is 3.30. The van der Waals surface area contributed by atoms with Crippen molar-refractivity contribution in [1.82, 2.24) is 9.80 Å². The first-order chi connectivity index (χ1) is 11.3.